The largest absolute Gasteiger partial charge is 0.481 e. The lowest BCUT2D eigenvalue weighted by Crippen LogP contribution is -2.45. The van der Waals surface area contributed by atoms with Crippen LogP contribution < -0.4 is 0 Å². The molecule has 1 heterocycles. The van der Waals surface area contributed by atoms with Crippen LogP contribution in [-0.2, 0) is 9.53 Å². The smallest absolute Gasteiger partial charge is 0.309 e. The highest BCUT2D eigenvalue weighted by molar-refractivity contribution is 5.74. The number of piperidine rings is 1. The number of hydrogen-bond acceptors (Lipinski definition) is 3. The third kappa shape index (κ3) is 3.19. The predicted octanol–water partition coefficient (Wildman–Crippen LogP) is 1.60. The number of aliphatic carboxylic acids is 1. The molecule has 4 nitrogen and oxygen atoms in total. The number of nitrogens with zero attached hydrogens (tertiary/aromatic N) is 1. The minimum Gasteiger partial charge on any atom is -0.481 e. The van der Waals surface area contributed by atoms with Gasteiger partial charge in [0.1, 0.15) is 0 Å². The number of hydrogen-bond donors (Lipinski definition) is 1. The van der Waals surface area contributed by atoms with Crippen molar-refractivity contribution >= 4 is 5.97 Å². The summed E-state index contributed by atoms with van der Waals surface area (Å²) in [5, 5.41) is 9.25. The Morgan fingerprint density at radius 1 is 1.38 bits per heavy atom. The molecular weight excluding hydrogens is 206 g/mol. The van der Waals surface area contributed by atoms with Crippen LogP contribution in [0.2, 0.25) is 0 Å². The van der Waals surface area contributed by atoms with Crippen molar-refractivity contribution in [3.8, 4) is 0 Å². The van der Waals surface area contributed by atoms with Crippen molar-refractivity contribution in [3.63, 3.8) is 0 Å². The van der Waals surface area contributed by atoms with Gasteiger partial charge in [-0.25, -0.2) is 0 Å². The Morgan fingerprint density at radius 2 is 2.00 bits per heavy atom. The van der Waals surface area contributed by atoms with Crippen molar-refractivity contribution in [2.45, 2.75) is 33.1 Å². The average molecular weight is 229 g/mol. The molecule has 0 unspecified atom stereocenters. The van der Waals surface area contributed by atoms with Crippen LogP contribution in [-0.4, -0.2) is 48.8 Å². The lowest BCUT2D eigenvalue weighted by atomic mass is 9.76. The van der Waals surface area contributed by atoms with Gasteiger partial charge in [0.05, 0.1) is 12.0 Å². The van der Waals surface area contributed by atoms with Gasteiger partial charge in [-0.3, -0.25) is 4.79 Å². The molecule has 1 aliphatic rings. The van der Waals surface area contributed by atoms with Crippen molar-refractivity contribution in [1.82, 2.24) is 4.90 Å². The van der Waals surface area contributed by atoms with Crippen LogP contribution in [0.4, 0.5) is 0 Å². The first kappa shape index (κ1) is 13.5. The van der Waals surface area contributed by atoms with Crippen molar-refractivity contribution < 1.29 is 14.6 Å². The molecule has 4 heteroatoms. The van der Waals surface area contributed by atoms with Crippen LogP contribution in [0, 0.1) is 5.41 Å². The monoisotopic (exact) mass is 229 g/mol. The first-order chi connectivity index (χ1) is 7.64. The molecule has 1 rings (SSSR count). The molecule has 1 aliphatic heterocycles. The van der Waals surface area contributed by atoms with Gasteiger partial charge >= 0.3 is 5.97 Å². The van der Waals surface area contributed by atoms with Crippen molar-refractivity contribution in [2.75, 3.05) is 32.8 Å². The molecule has 0 amide bonds. The van der Waals surface area contributed by atoms with Crippen molar-refractivity contribution in [1.29, 1.82) is 0 Å². The van der Waals surface area contributed by atoms with Crippen LogP contribution in [0.1, 0.15) is 33.1 Å². The van der Waals surface area contributed by atoms with E-state index in [0.29, 0.717) is 0 Å². The fourth-order valence-electron chi connectivity index (χ4n) is 2.26. The maximum Gasteiger partial charge on any atom is 0.309 e. The molecule has 94 valence electrons. The number of carbonyl (C=O) groups is 1. The Hall–Kier alpha value is -0.610. The van der Waals surface area contributed by atoms with Crippen LogP contribution in [0.15, 0.2) is 0 Å². The highest BCUT2D eigenvalue weighted by atomic mass is 16.5. The second-order valence-corrected chi connectivity index (χ2v) is 4.48. The standard InChI is InChI=1S/C12H23NO3/c1-3-12(11(14)15)5-7-13(8-6-12)9-10-16-4-2/h3-10H2,1-2H3,(H,14,15). The van der Waals surface area contributed by atoms with E-state index < -0.39 is 11.4 Å². The molecule has 0 aliphatic carbocycles. The van der Waals surface area contributed by atoms with E-state index >= 15 is 0 Å². The lowest BCUT2D eigenvalue weighted by molar-refractivity contribution is -0.152. The van der Waals surface area contributed by atoms with Crippen LogP contribution in [0.3, 0.4) is 0 Å². The molecule has 0 spiro atoms. The summed E-state index contributed by atoms with van der Waals surface area (Å²) in [5.41, 5.74) is -0.470. The van der Waals surface area contributed by atoms with E-state index in [9.17, 15) is 9.90 Å². The Balaban J connectivity index is 2.35. The zero-order valence-electron chi connectivity index (χ0n) is 10.4. The predicted molar refractivity (Wildman–Crippen MR) is 62.5 cm³/mol. The van der Waals surface area contributed by atoms with Crippen LogP contribution >= 0.6 is 0 Å². The van der Waals surface area contributed by atoms with Gasteiger partial charge in [-0.1, -0.05) is 6.92 Å². The highest BCUT2D eigenvalue weighted by Crippen LogP contribution is 2.34. The normalized spacial score (nSPS) is 20.9. The Labute approximate surface area is 97.6 Å². The molecule has 0 atom stereocenters. The molecule has 1 saturated heterocycles. The molecule has 0 aromatic carbocycles. The minimum absolute atomic E-state index is 0.470. The van der Waals surface area contributed by atoms with Gasteiger partial charge in [0.2, 0.25) is 0 Å². The maximum absolute atomic E-state index is 11.2. The van der Waals surface area contributed by atoms with E-state index in [1.165, 1.54) is 0 Å². The van der Waals surface area contributed by atoms with E-state index in [0.717, 1.165) is 52.1 Å². The molecular formula is C12H23NO3. The zero-order chi connectivity index (χ0) is 12.0. The summed E-state index contributed by atoms with van der Waals surface area (Å²) in [6, 6.07) is 0. The molecule has 0 aromatic rings. The first-order valence-corrected chi connectivity index (χ1v) is 6.18. The second-order valence-electron chi connectivity index (χ2n) is 4.48. The third-order valence-corrected chi connectivity index (χ3v) is 3.70. The van der Waals surface area contributed by atoms with Crippen molar-refractivity contribution in [2.24, 2.45) is 5.41 Å². The van der Waals surface area contributed by atoms with Crippen molar-refractivity contribution in [3.05, 3.63) is 0 Å². The topological polar surface area (TPSA) is 49.8 Å². The van der Waals surface area contributed by atoms with E-state index in [4.69, 9.17) is 4.74 Å². The second kappa shape index (κ2) is 6.21. The molecule has 0 saturated carbocycles. The van der Waals surface area contributed by atoms with Gasteiger partial charge in [-0.2, -0.15) is 0 Å². The lowest BCUT2D eigenvalue weighted by Gasteiger charge is -2.38. The van der Waals surface area contributed by atoms with E-state index in [2.05, 4.69) is 4.90 Å². The van der Waals surface area contributed by atoms with Crippen LogP contribution in [0.5, 0.6) is 0 Å². The fourth-order valence-corrected chi connectivity index (χ4v) is 2.26. The molecule has 1 fully saturated rings. The molecule has 1 N–H and O–H groups in total. The minimum atomic E-state index is -0.626. The Bertz CT molecular complexity index is 222. The van der Waals surface area contributed by atoms with Gasteiger partial charge in [0.25, 0.3) is 0 Å². The average Bonchev–Trinajstić information content (AvgIpc) is 2.30. The molecule has 0 aromatic heterocycles. The quantitative estimate of drug-likeness (QED) is 0.703. The highest BCUT2D eigenvalue weighted by Gasteiger charge is 2.39. The number of likely N-dealkylation sites (tertiary alicyclic amines) is 1. The van der Waals surface area contributed by atoms with Crippen LogP contribution in [0.25, 0.3) is 0 Å². The number of rotatable bonds is 6. The van der Waals surface area contributed by atoms with E-state index in [-0.39, 0.29) is 0 Å². The fraction of sp³-hybridized carbons (Fsp3) is 0.917. The maximum atomic E-state index is 11.2. The van der Waals surface area contributed by atoms with Gasteiger partial charge < -0.3 is 14.7 Å². The summed E-state index contributed by atoms with van der Waals surface area (Å²) in [6.45, 7) is 8.16. The van der Waals surface area contributed by atoms with Gasteiger partial charge in [-0.15, -0.1) is 0 Å². The molecule has 0 radical (unpaired) electrons. The SMILES string of the molecule is CCOCCN1CCC(CC)(C(=O)O)CC1. The van der Waals surface area contributed by atoms with Gasteiger partial charge in [0.15, 0.2) is 0 Å². The summed E-state index contributed by atoms with van der Waals surface area (Å²) >= 11 is 0. The first-order valence-electron chi connectivity index (χ1n) is 6.18. The van der Waals surface area contributed by atoms with Gasteiger partial charge in [-0.05, 0) is 39.3 Å². The zero-order valence-corrected chi connectivity index (χ0v) is 10.4. The Kier molecular flexibility index (Phi) is 5.22. The molecule has 0 bridgehead atoms. The summed E-state index contributed by atoms with van der Waals surface area (Å²) < 4.78 is 5.30. The number of carboxylic acids is 1. The van der Waals surface area contributed by atoms with E-state index in [1.54, 1.807) is 0 Å². The van der Waals surface area contributed by atoms with E-state index in [1.807, 2.05) is 13.8 Å². The third-order valence-electron chi connectivity index (χ3n) is 3.70. The molecule has 16 heavy (non-hydrogen) atoms. The summed E-state index contributed by atoms with van der Waals surface area (Å²) in [4.78, 5) is 13.5. The summed E-state index contributed by atoms with van der Waals surface area (Å²) in [6.07, 6.45) is 2.28. The number of ether oxygens (including phenoxy) is 1. The summed E-state index contributed by atoms with van der Waals surface area (Å²) in [5.74, 6) is -0.626. The number of carboxylic acid groups (broad SMARTS) is 1. The van der Waals surface area contributed by atoms with Gasteiger partial charge in [0, 0.05) is 13.2 Å². The Morgan fingerprint density at radius 3 is 2.44 bits per heavy atom. The summed E-state index contributed by atoms with van der Waals surface area (Å²) in [7, 11) is 0.